The summed E-state index contributed by atoms with van der Waals surface area (Å²) in [5.74, 6) is 1.20. The standard InChI is InChI=1S/C81H55N8O4.Ni/c1-91-58-22-12-20-53(46-58)80-63-31-26-55(82-63)48-56-27-32-64(83-56)81(54-21-13-23-59(47-54)92-2)74-44-42-72(89-74)79(71-41-43-73(80)88-71)52-24-28-57(29-25-52)93-75(90)45-30-60-61-33-35-65(84-61)76(49-14-6-3-7-15-49)67-37-39-69(86-67)78(51-18-10-5-11-19-51)70-40-38-68(87-70)77(50-16-8-4-9-17-50)66-36-34-62(60)85-66;/h3-48H,1-2H3,(H3-,82,83,84,85,86,87,88,89,90);/q-1;+2/p-1. The van der Waals surface area contributed by atoms with Crippen molar-refractivity contribution in [1.82, 2.24) is 39.9 Å². The molecule has 4 aliphatic rings. The van der Waals surface area contributed by atoms with Crippen molar-refractivity contribution in [2.75, 3.05) is 14.2 Å². The zero-order valence-corrected chi connectivity index (χ0v) is 51.7. The molecule has 452 valence electrons. The predicted octanol–water partition coefficient (Wildman–Crippen LogP) is 18.5. The molecule has 0 aliphatic carbocycles. The Morgan fingerprint density at radius 2 is 0.766 bits per heavy atom. The van der Waals surface area contributed by atoms with Crippen LogP contribution in [0.25, 0.3) is 166 Å². The maximum absolute atomic E-state index is 14.3. The molecule has 12 aromatic rings. The molecule has 6 aromatic heterocycles. The SMILES string of the molecule is COc1cccc(-c2c3nc(c(-c4ccc(OC(=O)/C=C/c5c6nc(c(-c7ccccc7)c7ccc([n-]7)c(-c7ccccc7)c7nc(c(-c8ccccc8)c8ccc5[n-]8)C=C7)C=C6)cc4)c4ccc([nH]4)c(-c4cccc(OC)c4)c4nc(cc5ccc2[nH]5)C=C4)C=C3)c1.[Ni+2]. The van der Waals surface area contributed by atoms with E-state index in [0.717, 1.165) is 146 Å². The van der Waals surface area contributed by atoms with Crippen molar-refractivity contribution in [1.29, 1.82) is 0 Å². The quantitative estimate of drug-likeness (QED) is 0.0553. The summed E-state index contributed by atoms with van der Waals surface area (Å²) in [5, 5.41) is 0. The Bertz CT molecular complexity index is 5440. The molecule has 16 rings (SSSR count). The van der Waals surface area contributed by atoms with Crippen molar-refractivity contribution < 1.29 is 35.5 Å². The van der Waals surface area contributed by atoms with E-state index in [0.29, 0.717) is 33.7 Å². The first-order valence-electron chi connectivity index (χ1n) is 30.5. The van der Waals surface area contributed by atoms with Crippen LogP contribution in [0.3, 0.4) is 0 Å². The Kier molecular flexibility index (Phi) is 15.4. The van der Waals surface area contributed by atoms with Gasteiger partial charge in [-0.05, 0) is 177 Å². The van der Waals surface area contributed by atoms with Crippen LogP contribution in [0, 0.1) is 0 Å². The van der Waals surface area contributed by atoms with Gasteiger partial charge in [-0.3, -0.25) is 0 Å². The number of H-pyrrole nitrogens is 2. The van der Waals surface area contributed by atoms with E-state index in [4.69, 9.17) is 44.1 Å². The van der Waals surface area contributed by atoms with E-state index in [9.17, 15) is 4.79 Å². The van der Waals surface area contributed by atoms with Crippen molar-refractivity contribution in [2.45, 2.75) is 0 Å². The maximum atomic E-state index is 14.3. The van der Waals surface area contributed by atoms with Crippen molar-refractivity contribution in [3.05, 3.63) is 276 Å². The number of hydrogen-bond donors (Lipinski definition) is 2. The van der Waals surface area contributed by atoms with E-state index in [1.165, 1.54) is 6.08 Å². The molecule has 0 radical (unpaired) electrons. The third kappa shape index (κ3) is 11.2. The van der Waals surface area contributed by atoms with Crippen LogP contribution in [-0.4, -0.2) is 50.1 Å². The molecule has 10 heterocycles. The van der Waals surface area contributed by atoms with Gasteiger partial charge >= 0.3 is 22.5 Å². The first-order chi connectivity index (χ1) is 45.8. The number of nitrogens with zero attached hydrogens (tertiary/aromatic N) is 6. The number of esters is 1. The Labute approximate surface area is 550 Å². The molecular weight excluding hydrogens is 1210 g/mol. The van der Waals surface area contributed by atoms with Crippen LogP contribution in [0.2, 0.25) is 0 Å². The van der Waals surface area contributed by atoms with E-state index < -0.39 is 5.97 Å². The third-order valence-corrected chi connectivity index (χ3v) is 16.9. The summed E-state index contributed by atoms with van der Waals surface area (Å²) in [6.07, 6.45) is 19.4. The van der Waals surface area contributed by atoms with Crippen LogP contribution in [0.1, 0.15) is 51.1 Å². The zero-order chi connectivity index (χ0) is 62.4. The number of hydrogen-bond acceptors (Lipinski definition) is 8. The van der Waals surface area contributed by atoms with Gasteiger partial charge in [0.2, 0.25) is 0 Å². The molecule has 0 saturated heterocycles. The summed E-state index contributed by atoms with van der Waals surface area (Å²) in [4.78, 5) is 53.8. The number of fused-ring (bicyclic) bond motifs is 16. The predicted molar refractivity (Wildman–Crippen MR) is 376 cm³/mol. The second kappa shape index (κ2) is 24.9. The average Bonchev–Trinajstić information content (AvgIpc) is 1.63. The number of methoxy groups -OCH3 is 2. The number of benzene rings is 6. The number of carbonyl (C=O) groups is 1. The van der Waals surface area contributed by atoms with Gasteiger partial charge in [-0.2, -0.15) is 0 Å². The fourth-order valence-corrected chi connectivity index (χ4v) is 12.6. The van der Waals surface area contributed by atoms with E-state index in [1.807, 2.05) is 170 Å². The minimum atomic E-state index is -0.592. The molecule has 0 atom stereocenters. The van der Waals surface area contributed by atoms with E-state index in [1.54, 1.807) is 32.4 Å². The van der Waals surface area contributed by atoms with Crippen molar-refractivity contribution in [2.24, 2.45) is 0 Å². The first-order valence-corrected chi connectivity index (χ1v) is 30.5. The van der Waals surface area contributed by atoms with Crippen LogP contribution in [0.15, 0.2) is 224 Å². The van der Waals surface area contributed by atoms with Crippen LogP contribution >= 0.6 is 0 Å². The average molecular weight is 1260 g/mol. The summed E-state index contributed by atoms with van der Waals surface area (Å²) >= 11 is 0. The minimum absolute atomic E-state index is 0. The molecule has 12 nitrogen and oxygen atoms in total. The molecule has 0 amide bonds. The Balaban J connectivity index is 0.00000729. The fraction of sp³-hybridized carbons (Fsp3) is 0.0247. The largest absolute Gasteiger partial charge is 2.00 e. The van der Waals surface area contributed by atoms with Gasteiger partial charge < -0.3 is 34.1 Å². The normalized spacial score (nSPS) is 12.1. The van der Waals surface area contributed by atoms with Crippen molar-refractivity contribution in [3.8, 4) is 84.0 Å². The molecule has 94 heavy (non-hydrogen) atoms. The first kappa shape index (κ1) is 58.2. The second-order valence-electron chi connectivity index (χ2n) is 22.6. The molecule has 0 spiro atoms. The smallest absolute Gasteiger partial charge is 0.657 e. The maximum Gasteiger partial charge on any atom is 2.00 e. The van der Waals surface area contributed by atoms with Gasteiger partial charge in [-0.15, -0.1) is 22.1 Å². The van der Waals surface area contributed by atoms with Gasteiger partial charge in [-0.25, -0.2) is 24.7 Å². The number of aromatic nitrogens is 8. The van der Waals surface area contributed by atoms with Crippen LogP contribution in [-0.2, 0) is 21.3 Å². The van der Waals surface area contributed by atoms with Gasteiger partial charge in [0.15, 0.2) is 0 Å². The Hall–Kier alpha value is -12.2. The van der Waals surface area contributed by atoms with Crippen LogP contribution < -0.4 is 24.2 Å². The van der Waals surface area contributed by atoms with E-state index in [-0.39, 0.29) is 16.5 Å². The van der Waals surface area contributed by atoms with Gasteiger partial charge in [-0.1, -0.05) is 152 Å². The van der Waals surface area contributed by atoms with Crippen molar-refractivity contribution in [3.63, 3.8) is 0 Å². The summed E-state index contributed by atoms with van der Waals surface area (Å²) < 4.78 is 17.6. The topological polar surface area (TPSA) is 156 Å². The summed E-state index contributed by atoms with van der Waals surface area (Å²) in [6.45, 7) is 0. The fourth-order valence-electron chi connectivity index (χ4n) is 12.6. The summed E-state index contributed by atoms with van der Waals surface area (Å²) in [7, 11) is 3.34. The number of nitrogens with one attached hydrogen (secondary N) is 2. The summed E-state index contributed by atoms with van der Waals surface area (Å²) in [5.41, 5.74) is 23.6. The van der Waals surface area contributed by atoms with Crippen LogP contribution in [0.5, 0.6) is 17.2 Å². The van der Waals surface area contributed by atoms with E-state index in [2.05, 4.69) is 94.9 Å². The molecule has 0 fully saturated rings. The molecule has 2 N–H and O–H groups in total. The van der Waals surface area contributed by atoms with Crippen LogP contribution in [0.4, 0.5) is 0 Å². The monoisotopic (exact) mass is 1260 g/mol. The molecule has 0 saturated carbocycles. The van der Waals surface area contributed by atoms with E-state index >= 15 is 0 Å². The second-order valence-corrected chi connectivity index (χ2v) is 22.6. The molecule has 4 aliphatic heterocycles. The number of rotatable bonds is 11. The third-order valence-electron chi connectivity index (χ3n) is 16.9. The molecule has 16 bridgehead atoms. The number of ether oxygens (including phenoxy) is 3. The Morgan fingerprint density at radius 1 is 0.362 bits per heavy atom. The van der Waals surface area contributed by atoms with Crippen molar-refractivity contribution >= 4 is 105 Å². The van der Waals surface area contributed by atoms with Gasteiger partial charge in [0.1, 0.15) is 17.2 Å². The Morgan fingerprint density at radius 3 is 1.29 bits per heavy atom. The molecule has 6 aromatic carbocycles. The number of carbonyl (C=O) groups excluding carboxylic acids is 1. The van der Waals surface area contributed by atoms with Gasteiger partial charge in [0, 0.05) is 44.8 Å². The van der Waals surface area contributed by atoms with Gasteiger partial charge in [0.25, 0.3) is 0 Å². The minimum Gasteiger partial charge on any atom is -0.657 e. The molecule has 0 unspecified atom stereocenters. The molecular formula is C81H54N8NiO4. The molecule has 13 heteroatoms. The number of aromatic amines is 2. The zero-order valence-electron chi connectivity index (χ0n) is 50.7. The summed E-state index contributed by atoms with van der Waals surface area (Å²) in [6, 6.07) is 72.5. The van der Waals surface area contributed by atoms with Gasteiger partial charge in [0.05, 0.1) is 59.8 Å².